The van der Waals surface area contributed by atoms with Gasteiger partial charge in [0, 0.05) is 18.1 Å². The van der Waals surface area contributed by atoms with Crippen LogP contribution in [0.3, 0.4) is 0 Å². The highest BCUT2D eigenvalue weighted by Crippen LogP contribution is 2.11. The Balaban J connectivity index is 1.57. The molecule has 0 aliphatic heterocycles. The van der Waals surface area contributed by atoms with Crippen LogP contribution < -0.4 is 10.6 Å². The maximum atomic E-state index is 5.87. The van der Waals surface area contributed by atoms with E-state index in [9.17, 15) is 0 Å². The number of rotatable bonds is 6. The molecule has 0 saturated heterocycles. The van der Waals surface area contributed by atoms with E-state index in [1.54, 1.807) is 6.20 Å². The van der Waals surface area contributed by atoms with E-state index >= 15 is 0 Å². The molecule has 0 bridgehead atoms. The van der Waals surface area contributed by atoms with Crippen molar-refractivity contribution in [3.05, 3.63) is 76.9 Å². The molecule has 2 N–H and O–H groups in total. The van der Waals surface area contributed by atoms with Crippen LogP contribution in [0.1, 0.15) is 11.1 Å². The van der Waals surface area contributed by atoms with Crippen molar-refractivity contribution in [2.75, 3.05) is 10.6 Å². The normalized spacial score (nSPS) is 10.3. The second-order valence-corrected chi connectivity index (χ2v) is 5.42. The maximum absolute atomic E-state index is 5.87. The molecule has 0 radical (unpaired) electrons. The van der Waals surface area contributed by atoms with Crippen molar-refractivity contribution in [3.8, 4) is 0 Å². The average Bonchev–Trinajstić information content (AvgIpc) is 2.61. The van der Waals surface area contributed by atoms with Gasteiger partial charge in [0.05, 0.1) is 6.20 Å². The summed E-state index contributed by atoms with van der Waals surface area (Å²) in [4.78, 5) is 4.40. The molecule has 0 fully saturated rings. The Morgan fingerprint density at radius 1 is 0.826 bits per heavy atom. The van der Waals surface area contributed by atoms with Gasteiger partial charge in [0.2, 0.25) is 5.95 Å². The standard InChI is InChI=1S/C17H16ClN5/c18-15-8-6-14(7-9-15)11-20-17-22-16(12-21-23-17)19-10-13-4-2-1-3-5-13/h1-9,12H,10-11H2,(H2,19,20,22,23). The zero-order valence-corrected chi connectivity index (χ0v) is 13.2. The van der Waals surface area contributed by atoms with Gasteiger partial charge >= 0.3 is 0 Å². The lowest BCUT2D eigenvalue weighted by atomic mass is 10.2. The van der Waals surface area contributed by atoms with Crippen LogP contribution in [-0.2, 0) is 13.1 Å². The highest BCUT2D eigenvalue weighted by atomic mass is 35.5. The Hall–Kier alpha value is -2.66. The van der Waals surface area contributed by atoms with Crippen LogP contribution in [-0.4, -0.2) is 15.2 Å². The third-order valence-electron chi connectivity index (χ3n) is 3.24. The molecule has 1 heterocycles. The molecule has 0 aliphatic carbocycles. The second-order valence-electron chi connectivity index (χ2n) is 4.98. The Morgan fingerprint density at radius 2 is 1.52 bits per heavy atom. The van der Waals surface area contributed by atoms with Gasteiger partial charge in [-0.25, -0.2) is 0 Å². The van der Waals surface area contributed by atoms with E-state index in [0.717, 1.165) is 10.6 Å². The van der Waals surface area contributed by atoms with Gasteiger partial charge in [-0.3, -0.25) is 0 Å². The van der Waals surface area contributed by atoms with Gasteiger partial charge in [0.1, 0.15) is 0 Å². The van der Waals surface area contributed by atoms with Crippen LogP contribution in [0, 0.1) is 0 Å². The summed E-state index contributed by atoms with van der Waals surface area (Å²) in [6.45, 7) is 1.30. The van der Waals surface area contributed by atoms with Gasteiger partial charge in [-0.1, -0.05) is 54.1 Å². The van der Waals surface area contributed by atoms with Gasteiger partial charge in [-0.05, 0) is 23.3 Å². The summed E-state index contributed by atoms with van der Waals surface area (Å²) in [6.07, 6.45) is 1.61. The first-order valence-corrected chi connectivity index (χ1v) is 7.63. The van der Waals surface area contributed by atoms with Gasteiger partial charge in [-0.15, -0.1) is 5.10 Å². The van der Waals surface area contributed by atoms with E-state index in [2.05, 4.69) is 37.9 Å². The Labute approximate surface area is 139 Å². The topological polar surface area (TPSA) is 62.7 Å². The fourth-order valence-electron chi connectivity index (χ4n) is 2.04. The lowest BCUT2D eigenvalue weighted by molar-refractivity contribution is 0.937. The highest BCUT2D eigenvalue weighted by Gasteiger charge is 2.01. The first kappa shape index (κ1) is 15.2. The third-order valence-corrected chi connectivity index (χ3v) is 3.49. The maximum Gasteiger partial charge on any atom is 0.244 e. The predicted octanol–water partition coefficient (Wildman–Crippen LogP) is 3.75. The Bertz CT molecular complexity index is 746. The van der Waals surface area contributed by atoms with Crippen molar-refractivity contribution in [2.45, 2.75) is 13.1 Å². The highest BCUT2D eigenvalue weighted by molar-refractivity contribution is 6.30. The van der Waals surface area contributed by atoms with E-state index in [4.69, 9.17) is 11.6 Å². The summed E-state index contributed by atoms with van der Waals surface area (Å²) in [5.41, 5.74) is 2.28. The third kappa shape index (κ3) is 4.66. The van der Waals surface area contributed by atoms with E-state index in [-0.39, 0.29) is 0 Å². The number of hydrogen-bond acceptors (Lipinski definition) is 5. The quantitative estimate of drug-likeness (QED) is 0.722. The first-order chi connectivity index (χ1) is 11.3. The van der Waals surface area contributed by atoms with Gasteiger partial charge in [0.15, 0.2) is 5.82 Å². The minimum Gasteiger partial charge on any atom is -0.365 e. The minimum absolute atomic E-state index is 0.484. The molecule has 116 valence electrons. The summed E-state index contributed by atoms with van der Waals surface area (Å²) >= 11 is 5.87. The molecule has 0 atom stereocenters. The Kier molecular flexibility index (Phi) is 5.01. The summed E-state index contributed by atoms with van der Waals surface area (Å²) in [6, 6.07) is 17.8. The lowest BCUT2D eigenvalue weighted by Gasteiger charge is -2.08. The van der Waals surface area contributed by atoms with Crippen LogP contribution >= 0.6 is 11.6 Å². The van der Waals surface area contributed by atoms with Crippen LogP contribution in [0.4, 0.5) is 11.8 Å². The zero-order valence-electron chi connectivity index (χ0n) is 12.4. The SMILES string of the molecule is Clc1ccc(CNc2nncc(NCc3ccccc3)n2)cc1. The summed E-state index contributed by atoms with van der Waals surface area (Å²) in [5.74, 6) is 1.17. The number of hydrogen-bond donors (Lipinski definition) is 2. The van der Waals surface area contributed by atoms with Gasteiger partial charge < -0.3 is 10.6 Å². The molecule has 2 aromatic carbocycles. The summed E-state index contributed by atoms with van der Waals surface area (Å²) in [5, 5.41) is 15.1. The van der Waals surface area contributed by atoms with E-state index in [0.29, 0.717) is 24.9 Å². The van der Waals surface area contributed by atoms with Crippen molar-refractivity contribution in [1.29, 1.82) is 0 Å². The Morgan fingerprint density at radius 3 is 2.30 bits per heavy atom. The molecular weight excluding hydrogens is 310 g/mol. The summed E-state index contributed by atoms with van der Waals surface area (Å²) < 4.78 is 0. The van der Waals surface area contributed by atoms with Crippen molar-refractivity contribution >= 4 is 23.4 Å². The molecule has 6 heteroatoms. The molecule has 0 unspecified atom stereocenters. The average molecular weight is 326 g/mol. The van der Waals surface area contributed by atoms with Crippen LogP contribution in [0.5, 0.6) is 0 Å². The number of nitrogens with one attached hydrogen (secondary N) is 2. The number of benzene rings is 2. The van der Waals surface area contributed by atoms with E-state index < -0.39 is 0 Å². The fourth-order valence-corrected chi connectivity index (χ4v) is 2.16. The predicted molar refractivity (Wildman–Crippen MR) is 92.4 cm³/mol. The molecule has 0 saturated carbocycles. The van der Waals surface area contributed by atoms with Gasteiger partial charge in [-0.2, -0.15) is 10.1 Å². The van der Waals surface area contributed by atoms with Gasteiger partial charge in [0.25, 0.3) is 0 Å². The fraction of sp³-hybridized carbons (Fsp3) is 0.118. The van der Waals surface area contributed by atoms with Crippen molar-refractivity contribution < 1.29 is 0 Å². The summed E-state index contributed by atoms with van der Waals surface area (Å²) in [7, 11) is 0. The number of halogens is 1. The molecule has 0 aliphatic rings. The minimum atomic E-state index is 0.484. The number of anilines is 2. The number of aromatic nitrogens is 3. The largest absolute Gasteiger partial charge is 0.365 e. The molecule has 5 nitrogen and oxygen atoms in total. The smallest absolute Gasteiger partial charge is 0.244 e. The zero-order chi connectivity index (χ0) is 15.9. The molecule has 3 rings (SSSR count). The molecule has 1 aromatic heterocycles. The molecule has 0 amide bonds. The lowest BCUT2D eigenvalue weighted by Crippen LogP contribution is -2.08. The molecular formula is C17H16ClN5. The molecule has 0 spiro atoms. The van der Waals surface area contributed by atoms with Crippen molar-refractivity contribution in [3.63, 3.8) is 0 Å². The first-order valence-electron chi connectivity index (χ1n) is 7.25. The second kappa shape index (κ2) is 7.56. The number of nitrogens with zero attached hydrogens (tertiary/aromatic N) is 3. The molecule has 23 heavy (non-hydrogen) atoms. The molecule has 3 aromatic rings. The van der Waals surface area contributed by atoms with Crippen molar-refractivity contribution in [1.82, 2.24) is 15.2 Å². The monoisotopic (exact) mass is 325 g/mol. The van der Waals surface area contributed by atoms with Crippen LogP contribution in [0.25, 0.3) is 0 Å². The van der Waals surface area contributed by atoms with E-state index in [1.807, 2.05) is 42.5 Å². The van der Waals surface area contributed by atoms with Crippen LogP contribution in [0.2, 0.25) is 5.02 Å². The van der Waals surface area contributed by atoms with E-state index in [1.165, 1.54) is 5.56 Å². The van der Waals surface area contributed by atoms with Crippen LogP contribution in [0.15, 0.2) is 60.8 Å². The van der Waals surface area contributed by atoms with Crippen molar-refractivity contribution in [2.24, 2.45) is 0 Å².